The Labute approximate surface area is 109 Å². The van der Waals surface area contributed by atoms with E-state index in [1.807, 2.05) is 0 Å². The first kappa shape index (κ1) is 13.0. The van der Waals surface area contributed by atoms with Crippen LogP contribution in [0.25, 0.3) is 0 Å². The van der Waals surface area contributed by atoms with Gasteiger partial charge in [0.25, 0.3) is 0 Å². The van der Waals surface area contributed by atoms with Crippen LogP contribution >= 0.6 is 11.8 Å². The molecule has 0 aliphatic rings. The zero-order chi connectivity index (χ0) is 13.0. The Morgan fingerprint density at radius 1 is 1.39 bits per heavy atom. The molecular weight excluding hydrogens is 253 g/mol. The molecule has 0 aliphatic carbocycles. The number of nitrogens with zero attached hydrogens (tertiary/aromatic N) is 3. The Hall–Kier alpha value is -1.40. The molecule has 4 nitrogen and oxygen atoms in total. The summed E-state index contributed by atoms with van der Waals surface area (Å²) in [7, 11) is 1.79. The first-order valence-corrected chi connectivity index (χ1v) is 6.53. The van der Waals surface area contributed by atoms with Gasteiger partial charge in [0, 0.05) is 24.1 Å². The molecule has 0 radical (unpaired) electrons. The van der Waals surface area contributed by atoms with Crippen molar-refractivity contribution in [3.63, 3.8) is 0 Å². The standard InChI is InChI=1S/C12H14FN3OS/c1-16-12(14-8-15-16)6-10(17)7-18-11-4-2-9(13)3-5-11/h2-5,8,10,17H,6-7H2,1H3. The number of aliphatic hydroxyl groups is 1. The molecule has 1 N–H and O–H groups in total. The van der Waals surface area contributed by atoms with Crippen molar-refractivity contribution in [3.8, 4) is 0 Å². The van der Waals surface area contributed by atoms with Gasteiger partial charge in [-0.05, 0) is 24.3 Å². The van der Waals surface area contributed by atoms with Gasteiger partial charge in [-0.15, -0.1) is 11.8 Å². The number of aryl methyl sites for hydroxylation is 1. The molecule has 6 heteroatoms. The largest absolute Gasteiger partial charge is 0.392 e. The van der Waals surface area contributed by atoms with Crippen LogP contribution in [0.3, 0.4) is 0 Å². The van der Waals surface area contributed by atoms with E-state index in [2.05, 4.69) is 10.1 Å². The molecule has 2 aromatic rings. The average Bonchev–Trinajstić information content (AvgIpc) is 2.74. The minimum atomic E-state index is -0.497. The second-order valence-corrected chi connectivity index (χ2v) is 5.02. The van der Waals surface area contributed by atoms with E-state index >= 15 is 0 Å². The smallest absolute Gasteiger partial charge is 0.138 e. The number of hydrogen-bond donors (Lipinski definition) is 1. The molecular formula is C12H14FN3OS. The van der Waals surface area contributed by atoms with Crippen LogP contribution < -0.4 is 0 Å². The van der Waals surface area contributed by atoms with E-state index in [0.717, 1.165) is 10.7 Å². The van der Waals surface area contributed by atoms with Crippen LogP contribution in [0.4, 0.5) is 4.39 Å². The fraction of sp³-hybridized carbons (Fsp3) is 0.333. The van der Waals surface area contributed by atoms with Crippen molar-refractivity contribution in [3.05, 3.63) is 42.2 Å². The first-order chi connectivity index (χ1) is 8.65. The van der Waals surface area contributed by atoms with Crippen molar-refractivity contribution in [2.24, 2.45) is 7.05 Å². The van der Waals surface area contributed by atoms with Crippen LogP contribution in [-0.2, 0) is 13.5 Å². The molecule has 2 rings (SSSR count). The van der Waals surface area contributed by atoms with Gasteiger partial charge in [0.05, 0.1) is 6.10 Å². The fourth-order valence-corrected chi connectivity index (χ4v) is 2.33. The van der Waals surface area contributed by atoms with E-state index in [1.165, 1.54) is 30.2 Å². The quantitative estimate of drug-likeness (QED) is 0.837. The lowest BCUT2D eigenvalue weighted by Crippen LogP contribution is -2.16. The van der Waals surface area contributed by atoms with Crippen LogP contribution in [0.5, 0.6) is 0 Å². The number of benzene rings is 1. The lowest BCUT2D eigenvalue weighted by atomic mass is 10.3. The molecule has 0 amide bonds. The Bertz CT molecular complexity index is 500. The summed E-state index contributed by atoms with van der Waals surface area (Å²) in [6.45, 7) is 0. The summed E-state index contributed by atoms with van der Waals surface area (Å²) in [6, 6.07) is 6.23. The van der Waals surface area contributed by atoms with E-state index in [9.17, 15) is 9.50 Å². The van der Waals surface area contributed by atoms with Gasteiger partial charge < -0.3 is 5.11 Å². The summed E-state index contributed by atoms with van der Waals surface area (Å²) in [4.78, 5) is 4.99. The zero-order valence-electron chi connectivity index (χ0n) is 9.95. The van der Waals surface area contributed by atoms with Crippen molar-refractivity contribution in [1.82, 2.24) is 14.8 Å². The van der Waals surface area contributed by atoms with Gasteiger partial charge in [0.1, 0.15) is 18.0 Å². The summed E-state index contributed by atoms with van der Waals surface area (Å²) in [6.07, 6.45) is 1.43. The molecule has 18 heavy (non-hydrogen) atoms. The maximum atomic E-state index is 12.7. The van der Waals surface area contributed by atoms with E-state index in [0.29, 0.717) is 12.2 Å². The third-order valence-corrected chi connectivity index (χ3v) is 3.64. The highest BCUT2D eigenvalue weighted by atomic mass is 32.2. The van der Waals surface area contributed by atoms with Gasteiger partial charge in [-0.2, -0.15) is 5.10 Å². The molecule has 1 unspecified atom stereocenters. The highest BCUT2D eigenvalue weighted by Gasteiger charge is 2.10. The topological polar surface area (TPSA) is 50.9 Å². The predicted octanol–water partition coefficient (Wildman–Crippen LogP) is 1.65. The van der Waals surface area contributed by atoms with E-state index < -0.39 is 6.10 Å². The maximum absolute atomic E-state index is 12.7. The molecule has 0 spiro atoms. The minimum Gasteiger partial charge on any atom is -0.392 e. The van der Waals surface area contributed by atoms with E-state index in [1.54, 1.807) is 23.9 Å². The average molecular weight is 267 g/mol. The number of aromatic nitrogens is 3. The summed E-state index contributed by atoms with van der Waals surface area (Å²) in [5.41, 5.74) is 0. The third kappa shape index (κ3) is 3.54. The van der Waals surface area contributed by atoms with Crippen LogP contribution in [0.1, 0.15) is 5.82 Å². The van der Waals surface area contributed by atoms with Crippen molar-refractivity contribution < 1.29 is 9.50 Å². The number of rotatable bonds is 5. The molecule has 0 aliphatic heterocycles. The van der Waals surface area contributed by atoms with Crippen molar-refractivity contribution in [2.45, 2.75) is 17.4 Å². The molecule has 1 aromatic heterocycles. The normalized spacial score (nSPS) is 12.6. The number of halogens is 1. The molecule has 0 saturated carbocycles. The monoisotopic (exact) mass is 267 g/mol. The van der Waals surface area contributed by atoms with Crippen LogP contribution in [0, 0.1) is 5.82 Å². The Kier molecular flexibility index (Phi) is 4.33. The zero-order valence-corrected chi connectivity index (χ0v) is 10.8. The van der Waals surface area contributed by atoms with Crippen LogP contribution in [0.15, 0.2) is 35.5 Å². The maximum Gasteiger partial charge on any atom is 0.138 e. The van der Waals surface area contributed by atoms with E-state index in [-0.39, 0.29) is 5.82 Å². The predicted molar refractivity (Wildman–Crippen MR) is 67.8 cm³/mol. The molecule has 0 saturated heterocycles. The molecule has 1 heterocycles. The highest BCUT2D eigenvalue weighted by Crippen LogP contribution is 2.19. The van der Waals surface area contributed by atoms with Crippen LogP contribution in [0.2, 0.25) is 0 Å². The third-order valence-electron chi connectivity index (χ3n) is 2.48. The molecule has 0 fully saturated rings. The summed E-state index contributed by atoms with van der Waals surface area (Å²) < 4.78 is 14.3. The molecule has 1 aromatic carbocycles. The number of thioether (sulfide) groups is 1. The second-order valence-electron chi connectivity index (χ2n) is 3.92. The minimum absolute atomic E-state index is 0.251. The lowest BCUT2D eigenvalue weighted by molar-refractivity contribution is 0.196. The number of hydrogen-bond acceptors (Lipinski definition) is 4. The van der Waals surface area contributed by atoms with Gasteiger partial charge in [0.15, 0.2) is 0 Å². The van der Waals surface area contributed by atoms with Crippen molar-refractivity contribution in [1.29, 1.82) is 0 Å². The van der Waals surface area contributed by atoms with Gasteiger partial charge in [-0.1, -0.05) is 0 Å². The Morgan fingerprint density at radius 2 is 2.11 bits per heavy atom. The SMILES string of the molecule is Cn1ncnc1CC(O)CSc1ccc(F)cc1. The van der Waals surface area contributed by atoms with Gasteiger partial charge in [0.2, 0.25) is 0 Å². The van der Waals surface area contributed by atoms with Crippen molar-refractivity contribution in [2.75, 3.05) is 5.75 Å². The molecule has 0 bridgehead atoms. The van der Waals surface area contributed by atoms with Crippen LogP contribution in [-0.4, -0.2) is 31.7 Å². The van der Waals surface area contributed by atoms with E-state index in [4.69, 9.17) is 0 Å². The Balaban J connectivity index is 1.83. The summed E-state index contributed by atoms with van der Waals surface area (Å²) in [5.74, 6) is 1.04. The molecule has 96 valence electrons. The van der Waals surface area contributed by atoms with Gasteiger partial charge >= 0.3 is 0 Å². The lowest BCUT2D eigenvalue weighted by Gasteiger charge is -2.09. The Morgan fingerprint density at radius 3 is 2.72 bits per heavy atom. The fourth-order valence-electron chi connectivity index (χ4n) is 1.50. The van der Waals surface area contributed by atoms with Gasteiger partial charge in [-0.25, -0.2) is 9.37 Å². The summed E-state index contributed by atoms with van der Waals surface area (Å²) in [5, 5.41) is 13.8. The molecule has 1 atom stereocenters. The van der Waals surface area contributed by atoms with Crippen molar-refractivity contribution >= 4 is 11.8 Å². The number of aliphatic hydroxyl groups excluding tert-OH is 1. The van der Waals surface area contributed by atoms with Gasteiger partial charge in [-0.3, -0.25) is 4.68 Å². The second kappa shape index (κ2) is 5.97. The first-order valence-electron chi connectivity index (χ1n) is 5.54. The highest BCUT2D eigenvalue weighted by molar-refractivity contribution is 7.99. The summed E-state index contributed by atoms with van der Waals surface area (Å²) >= 11 is 1.49.